The lowest BCUT2D eigenvalue weighted by atomic mass is 10.0. The summed E-state index contributed by atoms with van der Waals surface area (Å²) in [6.45, 7) is 1.37. The van der Waals surface area contributed by atoms with E-state index in [1.807, 2.05) is 4.90 Å². The Morgan fingerprint density at radius 3 is 2.38 bits per heavy atom. The summed E-state index contributed by atoms with van der Waals surface area (Å²) in [6, 6.07) is 5.46. The Balaban J connectivity index is 1.58. The van der Waals surface area contributed by atoms with Gasteiger partial charge in [-0.1, -0.05) is 0 Å². The monoisotopic (exact) mass is 363 g/mol. The van der Waals surface area contributed by atoms with E-state index in [-0.39, 0.29) is 5.82 Å². The maximum atomic E-state index is 13.3. The standard InChI is InChI=1S/C18H20F3N5/c19-18(20,21)15-10-16(25-17(24-15)12-2-1-7-22-11-12)26-8-5-14(6-9-26)23-13-3-4-13/h1-2,7,10-11,13-14,23H,3-6,8-9H2. The number of nitrogens with one attached hydrogen (secondary N) is 1. The summed E-state index contributed by atoms with van der Waals surface area (Å²) in [5, 5.41) is 3.59. The van der Waals surface area contributed by atoms with Crippen molar-refractivity contribution in [2.24, 2.45) is 0 Å². The minimum absolute atomic E-state index is 0.0566. The van der Waals surface area contributed by atoms with Gasteiger partial charge in [0.05, 0.1) is 0 Å². The lowest BCUT2D eigenvalue weighted by Gasteiger charge is -2.33. The van der Waals surface area contributed by atoms with Crippen LogP contribution in [0.2, 0.25) is 0 Å². The van der Waals surface area contributed by atoms with Crippen LogP contribution in [0.25, 0.3) is 11.4 Å². The summed E-state index contributed by atoms with van der Waals surface area (Å²) in [4.78, 5) is 14.0. The van der Waals surface area contributed by atoms with Gasteiger partial charge in [0.2, 0.25) is 0 Å². The molecule has 2 fully saturated rings. The number of nitrogens with zero attached hydrogens (tertiary/aromatic N) is 4. The third-order valence-corrected chi connectivity index (χ3v) is 4.79. The van der Waals surface area contributed by atoms with Crippen molar-refractivity contribution >= 4 is 5.82 Å². The van der Waals surface area contributed by atoms with Crippen LogP contribution < -0.4 is 10.2 Å². The number of rotatable bonds is 4. The van der Waals surface area contributed by atoms with E-state index in [2.05, 4.69) is 20.3 Å². The zero-order valence-electron chi connectivity index (χ0n) is 14.2. The Morgan fingerprint density at radius 1 is 1.04 bits per heavy atom. The van der Waals surface area contributed by atoms with Crippen LogP contribution in [0.5, 0.6) is 0 Å². The fourth-order valence-corrected chi connectivity index (χ4v) is 3.22. The summed E-state index contributed by atoms with van der Waals surface area (Å²) in [7, 11) is 0. The SMILES string of the molecule is FC(F)(F)c1cc(N2CCC(NC3CC3)CC2)nc(-c2cccnc2)n1. The molecule has 0 atom stereocenters. The second-order valence-corrected chi connectivity index (χ2v) is 6.88. The minimum Gasteiger partial charge on any atom is -0.356 e. The van der Waals surface area contributed by atoms with Gasteiger partial charge in [0.25, 0.3) is 0 Å². The molecular formula is C18H20F3N5. The van der Waals surface area contributed by atoms with E-state index < -0.39 is 11.9 Å². The summed E-state index contributed by atoms with van der Waals surface area (Å²) in [6.07, 6.45) is 2.81. The Kier molecular flexibility index (Phi) is 4.52. The molecule has 4 rings (SSSR count). The van der Waals surface area contributed by atoms with Crippen LogP contribution in [0.3, 0.4) is 0 Å². The first-order valence-corrected chi connectivity index (χ1v) is 8.87. The number of halogens is 3. The predicted octanol–water partition coefficient (Wildman–Crippen LogP) is 3.28. The van der Waals surface area contributed by atoms with Gasteiger partial charge in [-0.15, -0.1) is 0 Å². The Labute approximate surface area is 149 Å². The highest BCUT2D eigenvalue weighted by molar-refractivity contribution is 5.57. The first-order chi connectivity index (χ1) is 12.5. The van der Waals surface area contributed by atoms with E-state index in [9.17, 15) is 13.2 Å². The van der Waals surface area contributed by atoms with Crippen molar-refractivity contribution in [1.82, 2.24) is 20.3 Å². The lowest BCUT2D eigenvalue weighted by molar-refractivity contribution is -0.141. The summed E-state index contributed by atoms with van der Waals surface area (Å²) < 4.78 is 39.9. The molecular weight excluding hydrogens is 343 g/mol. The van der Waals surface area contributed by atoms with Crippen LogP contribution >= 0.6 is 0 Å². The fourth-order valence-electron chi connectivity index (χ4n) is 3.22. The average molecular weight is 363 g/mol. The first kappa shape index (κ1) is 17.2. The van der Waals surface area contributed by atoms with Gasteiger partial charge in [0.15, 0.2) is 11.5 Å². The third-order valence-electron chi connectivity index (χ3n) is 4.79. The highest BCUT2D eigenvalue weighted by Gasteiger charge is 2.35. The van der Waals surface area contributed by atoms with Gasteiger partial charge in [0.1, 0.15) is 5.82 Å². The molecule has 2 aromatic heterocycles. The van der Waals surface area contributed by atoms with Crippen molar-refractivity contribution in [3.63, 3.8) is 0 Å². The van der Waals surface area contributed by atoms with Gasteiger partial charge in [-0.2, -0.15) is 13.2 Å². The Hall–Kier alpha value is -2.22. The molecule has 1 N–H and O–H groups in total. The van der Waals surface area contributed by atoms with Crippen LogP contribution in [0.4, 0.5) is 19.0 Å². The summed E-state index contributed by atoms with van der Waals surface area (Å²) in [5.41, 5.74) is -0.440. The maximum absolute atomic E-state index is 13.3. The zero-order valence-corrected chi connectivity index (χ0v) is 14.2. The molecule has 2 aliphatic rings. The number of hydrogen-bond donors (Lipinski definition) is 1. The number of aromatic nitrogens is 3. The van der Waals surface area contributed by atoms with Crippen molar-refractivity contribution in [2.75, 3.05) is 18.0 Å². The third kappa shape index (κ3) is 3.95. The highest BCUT2D eigenvalue weighted by atomic mass is 19.4. The number of hydrogen-bond acceptors (Lipinski definition) is 5. The molecule has 0 aromatic carbocycles. The van der Waals surface area contributed by atoms with E-state index in [0.29, 0.717) is 36.6 Å². The first-order valence-electron chi connectivity index (χ1n) is 8.87. The summed E-state index contributed by atoms with van der Waals surface area (Å²) in [5.74, 6) is 0.386. The van der Waals surface area contributed by atoms with Crippen molar-refractivity contribution in [3.8, 4) is 11.4 Å². The molecule has 0 unspecified atom stereocenters. The zero-order chi connectivity index (χ0) is 18.1. The average Bonchev–Trinajstić information content (AvgIpc) is 3.46. The lowest BCUT2D eigenvalue weighted by Crippen LogP contribution is -2.43. The molecule has 8 heteroatoms. The molecule has 0 radical (unpaired) electrons. The topological polar surface area (TPSA) is 53.9 Å². The van der Waals surface area contributed by atoms with Crippen molar-refractivity contribution in [2.45, 2.75) is 43.9 Å². The van der Waals surface area contributed by atoms with Gasteiger partial charge in [-0.3, -0.25) is 4.98 Å². The molecule has 138 valence electrons. The molecule has 5 nitrogen and oxygen atoms in total. The van der Waals surface area contributed by atoms with E-state index in [4.69, 9.17) is 0 Å². The molecule has 26 heavy (non-hydrogen) atoms. The Bertz CT molecular complexity index is 753. The largest absolute Gasteiger partial charge is 0.433 e. The number of pyridine rings is 1. The van der Waals surface area contributed by atoms with Crippen molar-refractivity contribution in [3.05, 3.63) is 36.3 Å². The molecule has 1 saturated carbocycles. The van der Waals surface area contributed by atoms with Gasteiger partial charge < -0.3 is 10.2 Å². The molecule has 0 spiro atoms. The molecule has 3 heterocycles. The van der Waals surface area contributed by atoms with Crippen LogP contribution in [0.1, 0.15) is 31.4 Å². The van der Waals surface area contributed by atoms with Crippen LogP contribution in [0.15, 0.2) is 30.6 Å². The quantitative estimate of drug-likeness (QED) is 0.904. The van der Waals surface area contributed by atoms with Gasteiger partial charge in [-0.25, -0.2) is 9.97 Å². The summed E-state index contributed by atoms with van der Waals surface area (Å²) >= 11 is 0. The van der Waals surface area contributed by atoms with Gasteiger partial charge in [0, 0.05) is 49.2 Å². The molecule has 0 bridgehead atoms. The van der Waals surface area contributed by atoms with Crippen LogP contribution in [0, 0.1) is 0 Å². The van der Waals surface area contributed by atoms with E-state index in [0.717, 1.165) is 18.9 Å². The molecule has 2 aromatic rings. The molecule has 1 aliphatic heterocycles. The second kappa shape index (κ2) is 6.83. The van der Waals surface area contributed by atoms with Crippen molar-refractivity contribution < 1.29 is 13.2 Å². The molecule has 1 saturated heterocycles. The van der Waals surface area contributed by atoms with Crippen LogP contribution in [-0.2, 0) is 6.18 Å². The normalized spacial score (nSPS) is 19.0. The fraction of sp³-hybridized carbons (Fsp3) is 0.500. The van der Waals surface area contributed by atoms with E-state index in [1.165, 1.54) is 19.0 Å². The smallest absolute Gasteiger partial charge is 0.356 e. The van der Waals surface area contributed by atoms with Crippen molar-refractivity contribution in [1.29, 1.82) is 0 Å². The molecule has 0 amide bonds. The van der Waals surface area contributed by atoms with E-state index in [1.54, 1.807) is 18.3 Å². The number of piperidine rings is 1. The van der Waals surface area contributed by atoms with Crippen LogP contribution in [-0.4, -0.2) is 40.1 Å². The van der Waals surface area contributed by atoms with Gasteiger partial charge in [-0.05, 0) is 37.8 Å². The Morgan fingerprint density at radius 2 is 1.77 bits per heavy atom. The highest BCUT2D eigenvalue weighted by Crippen LogP contribution is 2.32. The number of alkyl halides is 3. The van der Waals surface area contributed by atoms with Gasteiger partial charge >= 0.3 is 6.18 Å². The predicted molar refractivity (Wildman–Crippen MR) is 91.7 cm³/mol. The van der Waals surface area contributed by atoms with E-state index >= 15 is 0 Å². The minimum atomic E-state index is -4.51. The maximum Gasteiger partial charge on any atom is 0.433 e. The number of anilines is 1. The second-order valence-electron chi connectivity index (χ2n) is 6.88. The molecule has 1 aliphatic carbocycles.